The molecular formula is C27H43N3O6. The number of ether oxygens (including phenoxy) is 2. The third-order valence-electron chi connectivity index (χ3n) is 5.14. The maximum Gasteiger partial charge on any atom is 0.408 e. The molecule has 0 spiro atoms. The van der Waals surface area contributed by atoms with Crippen LogP contribution >= 0.6 is 0 Å². The summed E-state index contributed by atoms with van der Waals surface area (Å²) in [4.78, 5) is 51.2. The van der Waals surface area contributed by atoms with Crippen LogP contribution in [0.25, 0.3) is 0 Å². The molecule has 0 aromatic heterocycles. The molecule has 0 heterocycles. The Hall–Kier alpha value is -3.10. The number of benzene rings is 1. The number of hydrogen-bond acceptors (Lipinski definition) is 6. The summed E-state index contributed by atoms with van der Waals surface area (Å²) in [6, 6.07) is 6.51. The van der Waals surface area contributed by atoms with Crippen LogP contribution in [0.3, 0.4) is 0 Å². The third-order valence-corrected chi connectivity index (χ3v) is 5.14. The van der Waals surface area contributed by atoms with E-state index in [2.05, 4.69) is 16.0 Å². The van der Waals surface area contributed by atoms with Gasteiger partial charge in [-0.25, -0.2) is 9.59 Å². The highest BCUT2D eigenvalue weighted by Crippen LogP contribution is 2.12. The third kappa shape index (κ3) is 12.0. The van der Waals surface area contributed by atoms with E-state index in [9.17, 15) is 19.2 Å². The SMILES string of the molecule is COC(=O)[C@H](CC(C)C)NC(=O)[C@H](Cc1ccccc1)NC(=O)[C@H](CC(C)C)NC(=O)OC(C)(C)C. The zero-order chi connectivity index (χ0) is 27.5. The predicted octanol–water partition coefficient (Wildman–Crippen LogP) is 3.36. The summed E-state index contributed by atoms with van der Waals surface area (Å²) in [5.74, 6) is -1.35. The molecule has 0 aliphatic heterocycles. The van der Waals surface area contributed by atoms with Crippen molar-refractivity contribution in [2.75, 3.05) is 7.11 Å². The van der Waals surface area contributed by atoms with Gasteiger partial charge in [-0.05, 0) is 51.0 Å². The molecule has 3 N–H and O–H groups in total. The van der Waals surface area contributed by atoms with E-state index in [0.29, 0.717) is 12.8 Å². The highest BCUT2D eigenvalue weighted by molar-refractivity contribution is 5.93. The van der Waals surface area contributed by atoms with Crippen LogP contribution in [0, 0.1) is 11.8 Å². The van der Waals surface area contributed by atoms with Gasteiger partial charge in [0.25, 0.3) is 0 Å². The van der Waals surface area contributed by atoms with Gasteiger partial charge in [-0.15, -0.1) is 0 Å². The molecule has 0 bridgehead atoms. The first-order valence-corrected chi connectivity index (χ1v) is 12.4. The summed E-state index contributed by atoms with van der Waals surface area (Å²) in [5.41, 5.74) is 0.106. The van der Waals surface area contributed by atoms with Gasteiger partial charge in [0, 0.05) is 6.42 Å². The van der Waals surface area contributed by atoms with E-state index in [1.165, 1.54) is 7.11 Å². The first-order valence-electron chi connectivity index (χ1n) is 12.4. The molecule has 1 rings (SSSR count). The fraction of sp³-hybridized carbons (Fsp3) is 0.630. The number of methoxy groups -OCH3 is 1. The van der Waals surface area contributed by atoms with Crippen LogP contribution in [0.5, 0.6) is 0 Å². The van der Waals surface area contributed by atoms with E-state index in [1.807, 2.05) is 58.0 Å². The number of alkyl carbamates (subject to hydrolysis) is 1. The summed E-state index contributed by atoms with van der Waals surface area (Å²) in [6.07, 6.45) is 0.230. The van der Waals surface area contributed by atoms with E-state index in [-0.39, 0.29) is 18.3 Å². The second-order valence-electron chi connectivity index (χ2n) is 10.8. The first kappa shape index (κ1) is 30.9. The van der Waals surface area contributed by atoms with E-state index < -0.39 is 47.6 Å². The number of carbonyl (C=O) groups is 4. The molecule has 0 unspecified atom stereocenters. The molecule has 9 nitrogen and oxygen atoms in total. The monoisotopic (exact) mass is 505 g/mol. The average molecular weight is 506 g/mol. The fourth-order valence-electron chi connectivity index (χ4n) is 3.58. The van der Waals surface area contributed by atoms with Gasteiger partial charge in [-0.1, -0.05) is 58.0 Å². The van der Waals surface area contributed by atoms with Crippen molar-refractivity contribution in [1.29, 1.82) is 0 Å². The number of rotatable bonds is 12. The van der Waals surface area contributed by atoms with Gasteiger partial charge in [-0.3, -0.25) is 9.59 Å². The zero-order valence-corrected chi connectivity index (χ0v) is 22.8. The van der Waals surface area contributed by atoms with Crippen molar-refractivity contribution in [3.8, 4) is 0 Å². The molecule has 1 aromatic rings. The highest BCUT2D eigenvalue weighted by atomic mass is 16.6. The van der Waals surface area contributed by atoms with Gasteiger partial charge in [0.05, 0.1) is 7.11 Å². The van der Waals surface area contributed by atoms with E-state index in [1.54, 1.807) is 20.8 Å². The van der Waals surface area contributed by atoms with Crippen molar-refractivity contribution >= 4 is 23.9 Å². The zero-order valence-electron chi connectivity index (χ0n) is 22.8. The molecule has 0 aliphatic rings. The Morgan fingerprint density at radius 3 is 1.78 bits per heavy atom. The van der Waals surface area contributed by atoms with Crippen LogP contribution in [0.15, 0.2) is 30.3 Å². The number of amides is 3. The normalized spacial score (nSPS) is 13.9. The van der Waals surface area contributed by atoms with Gasteiger partial charge in [0.15, 0.2) is 0 Å². The van der Waals surface area contributed by atoms with Crippen LogP contribution < -0.4 is 16.0 Å². The maximum absolute atomic E-state index is 13.3. The average Bonchev–Trinajstić information content (AvgIpc) is 2.75. The van der Waals surface area contributed by atoms with Crippen LogP contribution in [0.2, 0.25) is 0 Å². The molecule has 0 radical (unpaired) electrons. The van der Waals surface area contributed by atoms with Gasteiger partial charge in [0.1, 0.15) is 23.7 Å². The minimum Gasteiger partial charge on any atom is -0.467 e. The minimum absolute atomic E-state index is 0.0897. The highest BCUT2D eigenvalue weighted by Gasteiger charge is 2.31. The van der Waals surface area contributed by atoms with Crippen molar-refractivity contribution in [3.63, 3.8) is 0 Å². The number of hydrogen-bond donors (Lipinski definition) is 3. The molecule has 36 heavy (non-hydrogen) atoms. The van der Waals surface area contributed by atoms with E-state index >= 15 is 0 Å². The predicted molar refractivity (Wildman–Crippen MR) is 138 cm³/mol. The molecule has 202 valence electrons. The molecule has 1 aromatic carbocycles. The maximum atomic E-state index is 13.3. The largest absolute Gasteiger partial charge is 0.467 e. The molecule has 3 atom stereocenters. The van der Waals surface area contributed by atoms with E-state index in [0.717, 1.165) is 5.56 Å². The lowest BCUT2D eigenvalue weighted by molar-refractivity contribution is -0.145. The Bertz CT molecular complexity index is 864. The second kappa shape index (κ2) is 14.5. The summed E-state index contributed by atoms with van der Waals surface area (Å²) in [6.45, 7) is 12.9. The van der Waals surface area contributed by atoms with Crippen LogP contribution in [-0.2, 0) is 30.3 Å². The number of esters is 1. The Balaban J connectivity index is 3.14. The number of carbonyl (C=O) groups excluding carboxylic acids is 4. The Labute approximate surface area is 215 Å². The standard InChI is InChI=1S/C27H43N3O6/c1-17(2)14-20(30-26(34)36-27(5,6)7)23(31)28-21(16-19-12-10-9-11-13-19)24(32)29-22(15-18(3)4)25(33)35-8/h9-13,17-18,20-22H,14-16H2,1-8H3,(H,28,31)(H,29,32)(H,30,34)/t20-,21-,22-/m0/s1. The van der Waals surface area contributed by atoms with Gasteiger partial charge >= 0.3 is 12.1 Å². The quantitative estimate of drug-likeness (QED) is 0.375. The van der Waals surface area contributed by atoms with Crippen LogP contribution in [0.1, 0.15) is 66.9 Å². The van der Waals surface area contributed by atoms with Crippen molar-refractivity contribution < 1.29 is 28.7 Å². The molecular weight excluding hydrogens is 462 g/mol. The summed E-state index contributed by atoms with van der Waals surface area (Å²) in [7, 11) is 1.27. The lowest BCUT2D eigenvalue weighted by Gasteiger charge is -2.27. The smallest absolute Gasteiger partial charge is 0.408 e. The molecule has 3 amide bonds. The minimum atomic E-state index is -0.977. The molecule has 0 saturated heterocycles. The fourth-order valence-corrected chi connectivity index (χ4v) is 3.58. The first-order chi connectivity index (χ1) is 16.7. The van der Waals surface area contributed by atoms with Crippen molar-refractivity contribution in [3.05, 3.63) is 35.9 Å². The van der Waals surface area contributed by atoms with Crippen LogP contribution in [0.4, 0.5) is 4.79 Å². The Kier molecular flexibility index (Phi) is 12.4. The molecule has 9 heteroatoms. The summed E-state index contributed by atoms with van der Waals surface area (Å²) in [5, 5.41) is 8.15. The topological polar surface area (TPSA) is 123 Å². The molecule has 0 fully saturated rings. The number of nitrogens with one attached hydrogen (secondary N) is 3. The lowest BCUT2D eigenvalue weighted by atomic mass is 10.00. The molecule has 0 aliphatic carbocycles. The molecule has 0 saturated carbocycles. The van der Waals surface area contributed by atoms with Gasteiger partial charge < -0.3 is 25.4 Å². The summed E-state index contributed by atoms with van der Waals surface area (Å²) >= 11 is 0. The van der Waals surface area contributed by atoms with E-state index in [4.69, 9.17) is 9.47 Å². The summed E-state index contributed by atoms with van der Waals surface area (Å²) < 4.78 is 10.2. The van der Waals surface area contributed by atoms with Gasteiger partial charge in [-0.2, -0.15) is 0 Å². The van der Waals surface area contributed by atoms with Gasteiger partial charge in [0.2, 0.25) is 11.8 Å². The second-order valence-corrected chi connectivity index (χ2v) is 10.8. The van der Waals surface area contributed by atoms with Crippen molar-refractivity contribution in [2.24, 2.45) is 11.8 Å². The van der Waals surface area contributed by atoms with Crippen LogP contribution in [-0.4, -0.2) is 54.7 Å². The van der Waals surface area contributed by atoms with Crippen molar-refractivity contribution in [1.82, 2.24) is 16.0 Å². The lowest BCUT2D eigenvalue weighted by Crippen LogP contribution is -2.57. The Morgan fingerprint density at radius 1 is 0.778 bits per heavy atom. The van der Waals surface area contributed by atoms with Crippen molar-refractivity contribution in [2.45, 2.75) is 91.5 Å². The Morgan fingerprint density at radius 2 is 1.28 bits per heavy atom.